The second-order valence-electron chi connectivity index (χ2n) is 5.06. The maximum absolute atomic E-state index is 11.9. The molecular weight excluding hydrogens is 310 g/mol. The van der Waals surface area contributed by atoms with E-state index in [1.165, 1.54) is 30.7 Å². The summed E-state index contributed by atoms with van der Waals surface area (Å²) < 4.78 is 5.17. The van der Waals surface area contributed by atoms with Crippen molar-refractivity contribution in [1.29, 1.82) is 0 Å². The van der Waals surface area contributed by atoms with Crippen molar-refractivity contribution in [1.82, 2.24) is 10.4 Å². The zero-order valence-corrected chi connectivity index (χ0v) is 12.7. The topological polar surface area (TPSA) is 105 Å². The average molecular weight is 323 g/mol. The quantitative estimate of drug-likeness (QED) is 0.435. The number of fused-ring (bicyclic) bond motifs is 1. The number of rotatable bonds is 3. The van der Waals surface area contributed by atoms with Crippen LogP contribution in [-0.4, -0.2) is 22.2 Å². The van der Waals surface area contributed by atoms with Crippen molar-refractivity contribution in [2.75, 3.05) is 0 Å². The Labute approximate surface area is 136 Å². The summed E-state index contributed by atoms with van der Waals surface area (Å²) in [6, 6.07) is 7.58. The Morgan fingerprint density at radius 3 is 2.79 bits per heavy atom. The molecule has 2 heterocycles. The molecule has 24 heavy (non-hydrogen) atoms. The van der Waals surface area contributed by atoms with Gasteiger partial charge in [-0.1, -0.05) is 0 Å². The molecule has 0 atom stereocenters. The molecule has 3 rings (SSSR count). The van der Waals surface area contributed by atoms with Gasteiger partial charge in [-0.25, -0.2) is 10.2 Å². The molecule has 0 aliphatic rings. The molecule has 0 aliphatic carbocycles. The van der Waals surface area contributed by atoms with Crippen molar-refractivity contribution >= 4 is 23.1 Å². The van der Waals surface area contributed by atoms with Crippen LogP contribution >= 0.6 is 0 Å². The van der Waals surface area contributed by atoms with E-state index in [9.17, 15) is 14.7 Å². The number of aromatic hydroxyl groups is 1. The van der Waals surface area contributed by atoms with E-state index in [2.05, 4.69) is 15.5 Å². The molecule has 7 nitrogen and oxygen atoms in total. The van der Waals surface area contributed by atoms with Gasteiger partial charge in [0, 0.05) is 29.4 Å². The van der Waals surface area contributed by atoms with Crippen LogP contribution in [-0.2, 0) is 0 Å². The number of aromatic nitrogens is 1. The molecule has 1 aromatic carbocycles. The highest BCUT2D eigenvalue weighted by atomic mass is 16.4. The number of hydrazone groups is 1. The summed E-state index contributed by atoms with van der Waals surface area (Å²) in [6.07, 6.45) is 4.22. The Bertz CT molecular complexity index is 994. The minimum Gasteiger partial charge on any atom is -0.507 e. The molecule has 0 bridgehead atoms. The van der Waals surface area contributed by atoms with E-state index in [1.807, 2.05) is 0 Å². The van der Waals surface area contributed by atoms with Crippen LogP contribution in [0.25, 0.3) is 11.0 Å². The van der Waals surface area contributed by atoms with Gasteiger partial charge in [-0.05, 0) is 36.8 Å². The van der Waals surface area contributed by atoms with Gasteiger partial charge in [-0.15, -0.1) is 0 Å². The zero-order chi connectivity index (χ0) is 17.1. The number of pyridine rings is 1. The fraction of sp³-hybridized carbons (Fsp3) is 0.0588. The Morgan fingerprint density at radius 2 is 2.04 bits per heavy atom. The SMILES string of the molecule is Cc1cc(=O)oc2c(/C=N\NC(=O)c3ccncc3)c(O)ccc12. The van der Waals surface area contributed by atoms with Crippen LogP contribution in [0.2, 0.25) is 0 Å². The second kappa shape index (κ2) is 6.33. The predicted octanol–water partition coefficient (Wildman–Crippen LogP) is 1.97. The third-order valence-electron chi connectivity index (χ3n) is 3.44. The molecule has 2 N–H and O–H groups in total. The first-order valence-electron chi connectivity index (χ1n) is 7.06. The maximum Gasteiger partial charge on any atom is 0.336 e. The number of benzene rings is 1. The van der Waals surface area contributed by atoms with Crippen LogP contribution < -0.4 is 11.1 Å². The number of hydrogen-bond acceptors (Lipinski definition) is 6. The summed E-state index contributed by atoms with van der Waals surface area (Å²) in [5, 5.41) is 14.5. The fourth-order valence-corrected chi connectivity index (χ4v) is 2.24. The predicted molar refractivity (Wildman–Crippen MR) is 88.2 cm³/mol. The number of amides is 1. The lowest BCUT2D eigenvalue weighted by Gasteiger charge is -2.05. The summed E-state index contributed by atoms with van der Waals surface area (Å²) in [5.41, 5.74) is 3.35. The first kappa shape index (κ1) is 15.4. The van der Waals surface area contributed by atoms with E-state index in [0.717, 1.165) is 5.56 Å². The highest BCUT2D eigenvalue weighted by molar-refractivity contribution is 6.01. The van der Waals surface area contributed by atoms with Crippen molar-refractivity contribution in [2.24, 2.45) is 5.10 Å². The lowest BCUT2D eigenvalue weighted by molar-refractivity contribution is 0.0955. The van der Waals surface area contributed by atoms with E-state index in [0.29, 0.717) is 10.9 Å². The van der Waals surface area contributed by atoms with Gasteiger partial charge in [0.05, 0.1) is 11.8 Å². The first-order valence-corrected chi connectivity index (χ1v) is 7.06. The molecule has 0 saturated heterocycles. The third-order valence-corrected chi connectivity index (χ3v) is 3.44. The Hall–Kier alpha value is -3.48. The van der Waals surface area contributed by atoms with Crippen molar-refractivity contribution in [3.63, 3.8) is 0 Å². The van der Waals surface area contributed by atoms with Crippen molar-refractivity contribution in [3.8, 4) is 5.75 Å². The van der Waals surface area contributed by atoms with Crippen LogP contribution in [0, 0.1) is 6.92 Å². The number of aryl methyl sites for hydroxylation is 1. The molecule has 0 spiro atoms. The number of hydrogen-bond donors (Lipinski definition) is 2. The molecule has 0 aliphatic heterocycles. The van der Waals surface area contributed by atoms with E-state index in [4.69, 9.17) is 4.42 Å². The number of phenols is 1. The van der Waals surface area contributed by atoms with Crippen molar-refractivity contribution in [2.45, 2.75) is 6.92 Å². The first-order chi connectivity index (χ1) is 11.6. The summed E-state index contributed by atoms with van der Waals surface area (Å²) in [7, 11) is 0. The van der Waals surface area contributed by atoms with Gasteiger partial charge in [0.25, 0.3) is 5.91 Å². The molecule has 0 radical (unpaired) electrons. The molecular formula is C17H13N3O4. The van der Waals surface area contributed by atoms with Gasteiger partial charge < -0.3 is 9.52 Å². The number of carbonyl (C=O) groups excluding carboxylic acids is 1. The van der Waals surface area contributed by atoms with Crippen LogP contribution in [0.5, 0.6) is 5.75 Å². The molecule has 0 unspecified atom stereocenters. The summed E-state index contributed by atoms with van der Waals surface area (Å²) in [6.45, 7) is 1.77. The van der Waals surface area contributed by atoms with Gasteiger partial charge in [-0.2, -0.15) is 5.10 Å². The lowest BCUT2D eigenvalue weighted by Crippen LogP contribution is -2.17. The minimum absolute atomic E-state index is 0.113. The van der Waals surface area contributed by atoms with Gasteiger partial charge in [0.1, 0.15) is 5.75 Å². The Morgan fingerprint density at radius 1 is 1.29 bits per heavy atom. The molecule has 2 aromatic heterocycles. The third kappa shape index (κ3) is 3.00. The number of phenolic OH excluding ortho intramolecular Hbond substituents is 1. The van der Waals surface area contributed by atoms with E-state index >= 15 is 0 Å². The van der Waals surface area contributed by atoms with Crippen LogP contribution in [0.15, 0.2) is 57.0 Å². The average Bonchev–Trinajstić information content (AvgIpc) is 2.57. The molecule has 120 valence electrons. The Balaban J connectivity index is 1.94. The normalized spacial score (nSPS) is 11.0. The van der Waals surface area contributed by atoms with Crippen molar-refractivity contribution in [3.05, 3.63) is 69.8 Å². The molecule has 1 amide bonds. The highest BCUT2D eigenvalue weighted by Gasteiger charge is 2.11. The summed E-state index contributed by atoms with van der Waals surface area (Å²) in [4.78, 5) is 27.3. The van der Waals surface area contributed by atoms with E-state index < -0.39 is 11.5 Å². The largest absolute Gasteiger partial charge is 0.507 e. The smallest absolute Gasteiger partial charge is 0.336 e. The standard InChI is InChI=1S/C17H13N3O4/c1-10-8-15(22)24-16-12(10)2-3-14(21)13(16)9-19-20-17(23)11-4-6-18-7-5-11/h2-9,21H,1H3,(H,20,23)/b19-9-. The minimum atomic E-state index is -0.527. The molecule has 0 fully saturated rings. The van der Waals surface area contributed by atoms with Crippen LogP contribution in [0.3, 0.4) is 0 Å². The van der Waals surface area contributed by atoms with E-state index in [-0.39, 0.29) is 16.9 Å². The monoisotopic (exact) mass is 323 g/mol. The number of nitrogens with one attached hydrogen (secondary N) is 1. The molecule has 0 saturated carbocycles. The van der Waals surface area contributed by atoms with Gasteiger partial charge in [0.15, 0.2) is 5.58 Å². The highest BCUT2D eigenvalue weighted by Crippen LogP contribution is 2.26. The van der Waals surface area contributed by atoms with Crippen LogP contribution in [0.4, 0.5) is 0 Å². The maximum atomic E-state index is 11.9. The molecule has 7 heteroatoms. The second-order valence-corrected chi connectivity index (χ2v) is 5.06. The van der Waals surface area contributed by atoms with Crippen molar-refractivity contribution < 1.29 is 14.3 Å². The zero-order valence-electron chi connectivity index (χ0n) is 12.7. The lowest BCUT2D eigenvalue weighted by atomic mass is 10.1. The van der Waals surface area contributed by atoms with Gasteiger partial charge >= 0.3 is 5.63 Å². The van der Waals surface area contributed by atoms with E-state index in [1.54, 1.807) is 25.1 Å². The van der Waals surface area contributed by atoms with Gasteiger partial charge in [0.2, 0.25) is 0 Å². The number of carbonyl (C=O) groups is 1. The summed E-state index contributed by atoms with van der Waals surface area (Å²) >= 11 is 0. The van der Waals surface area contributed by atoms with Crippen LogP contribution in [0.1, 0.15) is 21.5 Å². The fourth-order valence-electron chi connectivity index (χ4n) is 2.24. The number of nitrogens with zero attached hydrogens (tertiary/aromatic N) is 2. The Kier molecular flexibility index (Phi) is 4.07. The molecule has 3 aromatic rings. The van der Waals surface area contributed by atoms with Gasteiger partial charge in [-0.3, -0.25) is 9.78 Å². The summed E-state index contributed by atoms with van der Waals surface area (Å²) in [5.74, 6) is -0.538.